The molecule has 0 fully saturated rings. The lowest BCUT2D eigenvalue weighted by Gasteiger charge is -2.28. The normalized spacial score (nSPS) is 13.9. The number of amides is 2. The van der Waals surface area contributed by atoms with Crippen LogP contribution in [0.25, 0.3) is 11.1 Å². The summed E-state index contributed by atoms with van der Waals surface area (Å²) in [6.07, 6.45) is 0. The van der Waals surface area contributed by atoms with E-state index in [1.807, 2.05) is 54.6 Å². The number of benzene rings is 3. The predicted octanol–water partition coefficient (Wildman–Crippen LogP) is 2.96. The standard InChI is InChI=1S/C23H17N3O3/c27-21(13-26-19-11-5-6-12-20(19)29-14-22(26)28)24-25-23-17-9-3-1-7-15(17)16-8-2-4-10-18(16)23/h1-12H,13-14H2,(H,24,27). The van der Waals surface area contributed by atoms with E-state index >= 15 is 0 Å². The van der Waals surface area contributed by atoms with Crippen molar-refractivity contribution in [1.29, 1.82) is 0 Å². The molecule has 29 heavy (non-hydrogen) atoms. The van der Waals surface area contributed by atoms with Crippen molar-refractivity contribution in [2.24, 2.45) is 5.10 Å². The van der Waals surface area contributed by atoms with E-state index in [0.717, 1.165) is 28.0 Å². The fourth-order valence-corrected chi connectivity index (χ4v) is 3.74. The summed E-state index contributed by atoms with van der Waals surface area (Å²) in [4.78, 5) is 26.3. The van der Waals surface area contributed by atoms with Gasteiger partial charge in [0.1, 0.15) is 12.3 Å². The maximum absolute atomic E-state index is 12.6. The van der Waals surface area contributed by atoms with Gasteiger partial charge in [-0.15, -0.1) is 0 Å². The van der Waals surface area contributed by atoms with E-state index < -0.39 is 0 Å². The van der Waals surface area contributed by atoms with Gasteiger partial charge in [-0.05, 0) is 23.3 Å². The van der Waals surface area contributed by atoms with Crippen LogP contribution in [0.5, 0.6) is 5.75 Å². The van der Waals surface area contributed by atoms with E-state index in [-0.39, 0.29) is 25.0 Å². The molecule has 142 valence electrons. The minimum absolute atomic E-state index is 0.0838. The molecule has 6 heteroatoms. The molecule has 1 N–H and O–H groups in total. The first-order chi connectivity index (χ1) is 14.2. The van der Waals surface area contributed by atoms with Crippen LogP contribution in [0.1, 0.15) is 11.1 Å². The zero-order chi connectivity index (χ0) is 19.8. The Labute approximate surface area is 167 Å². The van der Waals surface area contributed by atoms with Gasteiger partial charge in [-0.3, -0.25) is 14.5 Å². The van der Waals surface area contributed by atoms with E-state index in [9.17, 15) is 9.59 Å². The molecule has 2 aliphatic rings. The molecule has 0 saturated heterocycles. The molecule has 3 aromatic carbocycles. The third-order valence-electron chi connectivity index (χ3n) is 5.06. The number of rotatable bonds is 3. The molecule has 2 amide bonds. The lowest BCUT2D eigenvalue weighted by Crippen LogP contribution is -2.44. The van der Waals surface area contributed by atoms with Crippen molar-refractivity contribution in [2.45, 2.75) is 0 Å². The Balaban J connectivity index is 1.40. The van der Waals surface area contributed by atoms with Gasteiger partial charge in [-0.2, -0.15) is 5.10 Å². The number of anilines is 1. The molecule has 0 aromatic heterocycles. The molecular formula is C23H17N3O3. The second kappa shape index (κ2) is 6.91. The lowest BCUT2D eigenvalue weighted by molar-refractivity contribution is -0.125. The Morgan fingerprint density at radius 3 is 2.17 bits per heavy atom. The summed E-state index contributed by atoms with van der Waals surface area (Å²) in [6, 6.07) is 23.1. The van der Waals surface area contributed by atoms with Crippen LogP contribution in [0.15, 0.2) is 77.9 Å². The minimum Gasteiger partial charge on any atom is -0.482 e. The van der Waals surface area contributed by atoms with E-state index in [1.54, 1.807) is 18.2 Å². The second-order valence-corrected chi connectivity index (χ2v) is 6.82. The van der Waals surface area contributed by atoms with E-state index in [1.165, 1.54) is 4.90 Å². The molecule has 5 rings (SSSR count). The maximum atomic E-state index is 12.6. The molecule has 0 saturated carbocycles. The van der Waals surface area contributed by atoms with E-state index in [0.29, 0.717) is 11.4 Å². The Morgan fingerprint density at radius 1 is 0.897 bits per heavy atom. The predicted molar refractivity (Wildman–Crippen MR) is 110 cm³/mol. The van der Waals surface area contributed by atoms with Gasteiger partial charge in [0.05, 0.1) is 11.4 Å². The molecule has 0 atom stereocenters. The quantitative estimate of drug-likeness (QED) is 0.553. The monoisotopic (exact) mass is 383 g/mol. The van der Waals surface area contributed by atoms with Crippen molar-refractivity contribution in [1.82, 2.24) is 5.43 Å². The number of nitrogens with zero attached hydrogens (tertiary/aromatic N) is 2. The van der Waals surface area contributed by atoms with Crippen LogP contribution in [0.3, 0.4) is 0 Å². The topological polar surface area (TPSA) is 71.0 Å². The number of para-hydroxylation sites is 2. The first kappa shape index (κ1) is 17.2. The number of fused-ring (bicyclic) bond motifs is 4. The highest BCUT2D eigenvalue weighted by Gasteiger charge is 2.28. The van der Waals surface area contributed by atoms with E-state index in [2.05, 4.69) is 10.5 Å². The van der Waals surface area contributed by atoms with Gasteiger partial charge in [-0.1, -0.05) is 60.7 Å². The zero-order valence-electron chi connectivity index (χ0n) is 15.5. The molecule has 6 nitrogen and oxygen atoms in total. The van der Waals surface area contributed by atoms with Crippen LogP contribution in [-0.4, -0.2) is 30.7 Å². The van der Waals surface area contributed by atoms with Gasteiger partial charge in [0.25, 0.3) is 11.8 Å². The summed E-state index contributed by atoms with van der Waals surface area (Å²) < 4.78 is 5.42. The van der Waals surface area contributed by atoms with Crippen LogP contribution in [0.2, 0.25) is 0 Å². The van der Waals surface area contributed by atoms with Gasteiger partial charge in [0.15, 0.2) is 6.61 Å². The van der Waals surface area contributed by atoms with Crippen LogP contribution in [0, 0.1) is 0 Å². The fraction of sp³-hybridized carbons (Fsp3) is 0.0870. The SMILES string of the molecule is O=C(CN1C(=O)COc2ccccc21)NN=C1c2ccccc2-c2ccccc21. The Hall–Kier alpha value is -3.93. The minimum atomic E-state index is -0.371. The van der Waals surface area contributed by atoms with Crippen molar-refractivity contribution in [3.63, 3.8) is 0 Å². The van der Waals surface area contributed by atoms with Crippen molar-refractivity contribution in [2.75, 3.05) is 18.1 Å². The smallest absolute Gasteiger partial charge is 0.265 e. The maximum Gasteiger partial charge on any atom is 0.265 e. The summed E-state index contributed by atoms with van der Waals surface area (Å²) in [5.74, 6) is -0.0441. The summed E-state index contributed by atoms with van der Waals surface area (Å²) >= 11 is 0. The van der Waals surface area contributed by atoms with Gasteiger partial charge < -0.3 is 4.74 Å². The second-order valence-electron chi connectivity index (χ2n) is 6.82. The number of carbonyl (C=O) groups excluding carboxylic acids is 2. The van der Waals surface area contributed by atoms with Crippen molar-refractivity contribution < 1.29 is 14.3 Å². The summed E-state index contributed by atoms with van der Waals surface area (Å²) in [7, 11) is 0. The summed E-state index contributed by atoms with van der Waals surface area (Å²) in [6.45, 7) is -0.209. The molecule has 1 aliphatic carbocycles. The molecule has 1 aliphatic heterocycles. The van der Waals surface area contributed by atoms with Gasteiger partial charge in [-0.25, -0.2) is 5.43 Å². The highest BCUT2D eigenvalue weighted by atomic mass is 16.5. The Morgan fingerprint density at radius 2 is 1.48 bits per heavy atom. The molecule has 0 spiro atoms. The number of nitrogens with one attached hydrogen (secondary N) is 1. The molecule has 0 radical (unpaired) electrons. The lowest BCUT2D eigenvalue weighted by atomic mass is 10.1. The van der Waals surface area contributed by atoms with Crippen LogP contribution < -0.4 is 15.1 Å². The third kappa shape index (κ3) is 2.95. The van der Waals surface area contributed by atoms with Crippen LogP contribution in [-0.2, 0) is 9.59 Å². The van der Waals surface area contributed by atoms with Crippen LogP contribution in [0.4, 0.5) is 5.69 Å². The highest BCUT2D eigenvalue weighted by molar-refractivity contribution is 6.24. The summed E-state index contributed by atoms with van der Waals surface area (Å²) in [5.41, 5.74) is 8.06. The summed E-state index contributed by atoms with van der Waals surface area (Å²) in [5, 5.41) is 4.40. The van der Waals surface area contributed by atoms with Crippen molar-refractivity contribution >= 4 is 23.2 Å². The molecular weight excluding hydrogens is 366 g/mol. The van der Waals surface area contributed by atoms with Gasteiger partial charge in [0.2, 0.25) is 0 Å². The largest absolute Gasteiger partial charge is 0.482 e. The Kier molecular flexibility index (Phi) is 4.09. The molecule has 0 unspecified atom stereocenters. The van der Waals surface area contributed by atoms with E-state index in [4.69, 9.17) is 4.74 Å². The first-order valence-corrected chi connectivity index (χ1v) is 9.30. The fourth-order valence-electron chi connectivity index (χ4n) is 3.74. The number of hydrogen-bond donors (Lipinski definition) is 1. The molecule has 1 heterocycles. The van der Waals surface area contributed by atoms with Crippen molar-refractivity contribution in [3.8, 4) is 16.9 Å². The van der Waals surface area contributed by atoms with Gasteiger partial charge >= 0.3 is 0 Å². The highest BCUT2D eigenvalue weighted by Crippen LogP contribution is 2.36. The first-order valence-electron chi connectivity index (χ1n) is 9.30. The molecule has 3 aromatic rings. The number of hydrogen-bond acceptors (Lipinski definition) is 4. The van der Waals surface area contributed by atoms with Crippen molar-refractivity contribution in [3.05, 3.63) is 83.9 Å². The van der Waals surface area contributed by atoms with Crippen LogP contribution >= 0.6 is 0 Å². The third-order valence-corrected chi connectivity index (χ3v) is 5.06. The number of hydrazone groups is 1. The average Bonchev–Trinajstić information content (AvgIpc) is 3.08. The molecule has 0 bridgehead atoms. The average molecular weight is 383 g/mol. The Bertz CT molecular complexity index is 1120. The van der Waals surface area contributed by atoms with Gasteiger partial charge in [0, 0.05) is 11.1 Å². The number of ether oxygens (including phenoxy) is 1. The zero-order valence-corrected chi connectivity index (χ0v) is 15.5. The number of carbonyl (C=O) groups is 2.